The quantitative estimate of drug-likeness (QED) is 0.630. The van der Waals surface area contributed by atoms with Gasteiger partial charge in [0.1, 0.15) is 0 Å². The summed E-state index contributed by atoms with van der Waals surface area (Å²) in [6.45, 7) is 4.50. The highest BCUT2D eigenvalue weighted by atomic mass is 16.5. The van der Waals surface area contributed by atoms with E-state index in [1.807, 2.05) is 0 Å². The van der Waals surface area contributed by atoms with E-state index in [0.717, 1.165) is 12.8 Å². The van der Waals surface area contributed by atoms with Gasteiger partial charge in [-0.25, -0.2) is 0 Å². The molecule has 60 valence electrons. The number of hydrogen-bond acceptors (Lipinski definition) is 2. The minimum Gasteiger partial charge on any atom is -0.394 e. The molecule has 2 atom stereocenters. The molecule has 1 rings (SSSR count). The zero-order valence-electron chi connectivity index (χ0n) is 6.71. The smallest absolute Gasteiger partial charge is 0.0810 e. The third kappa shape index (κ3) is 1.70. The Kier molecular flexibility index (Phi) is 2.69. The Morgan fingerprint density at radius 3 is 2.50 bits per heavy atom. The van der Waals surface area contributed by atoms with Crippen molar-refractivity contribution in [3.05, 3.63) is 0 Å². The van der Waals surface area contributed by atoms with Gasteiger partial charge in [-0.1, -0.05) is 13.8 Å². The first-order chi connectivity index (χ1) is 4.74. The number of ether oxygens (including phenoxy) is 1. The van der Waals surface area contributed by atoms with Crippen LogP contribution >= 0.6 is 0 Å². The molecule has 0 radical (unpaired) electrons. The van der Waals surface area contributed by atoms with Crippen molar-refractivity contribution in [3.63, 3.8) is 0 Å². The first kappa shape index (κ1) is 8.02. The fraction of sp³-hybridized carbons (Fsp3) is 1.00. The van der Waals surface area contributed by atoms with Crippen molar-refractivity contribution in [2.75, 3.05) is 6.61 Å². The van der Waals surface area contributed by atoms with Gasteiger partial charge >= 0.3 is 0 Å². The minimum atomic E-state index is 0.118. The van der Waals surface area contributed by atoms with Crippen LogP contribution in [-0.4, -0.2) is 23.9 Å². The SMILES string of the molecule is CC(C)[C@H]1CC[C@@H](CO)O1. The molecule has 0 bridgehead atoms. The van der Waals surface area contributed by atoms with Crippen molar-refractivity contribution >= 4 is 0 Å². The van der Waals surface area contributed by atoms with E-state index < -0.39 is 0 Å². The van der Waals surface area contributed by atoms with E-state index in [1.165, 1.54) is 0 Å². The van der Waals surface area contributed by atoms with Gasteiger partial charge in [-0.2, -0.15) is 0 Å². The van der Waals surface area contributed by atoms with Gasteiger partial charge in [0.2, 0.25) is 0 Å². The summed E-state index contributed by atoms with van der Waals surface area (Å²) >= 11 is 0. The number of hydrogen-bond donors (Lipinski definition) is 1. The van der Waals surface area contributed by atoms with Crippen LogP contribution in [0.2, 0.25) is 0 Å². The molecular weight excluding hydrogens is 128 g/mol. The van der Waals surface area contributed by atoms with E-state index in [1.54, 1.807) is 0 Å². The topological polar surface area (TPSA) is 29.5 Å². The van der Waals surface area contributed by atoms with Crippen LogP contribution in [0.25, 0.3) is 0 Å². The summed E-state index contributed by atoms with van der Waals surface area (Å²) in [5.41, 5.74) is 0. The molecule has 1 aliphatic heterocycles. The molecule has 1 N–H and O–H groups in total. The van der Waals surface area contributed by atoms with Crippen molar-refractivity contribution in [1.29, 1.82) is 0 Å². The monoisotopic (exact) mass is 144 g/mol. The zero-order valence-corrected chi connectivity index (χ0v) is 6.71. The third-order valence-electron chi connectivity index (χ3n) is 2.09. The lowest BCUT2D eigenvalue weighted by molar-refractivity contribution is -0.00740. The zero-order chi connectivity index (χ0) is 7.56. The number of aliphatic hydroxyl groups is 1. The summed E-state index contributed by atoms with van der Waals surface area (Å²) in [5, 5.41) is 8.74. The van der Waals surface area contributed by atoms with Crippen LogP contribution in [0, 0.1) is 5.92 Å². The molecule has 0 saturated carbocycles. The van der Waals surface area contributed by atoms with E-state index in [4.69, 9.17) is 9.84 Å². The lowest BCUT2D eigenvalue weighted by atomic mass is 10.0. The van der Waals surface area contributed by atoms with Crippen LogP contribution < -0.4 is 0 Å². The fourth-order valence-corrected chi connectivity index (χ4v) is 1.36. The first-order valence-electron chi connectivity index (χ1n) is 4.00. The van der Waals surface area contributed by atoms with Crippen molar-refractivity contribution in [1.82, 2.24) is 0 Å². The summed E-state index contributed by atoms with van der Waals surface area (Å²) in [4.78, 5) is 0. The molecule has 1 heterocycles. The van der Waals surface area contributed by atoms with Gasteiger partial charge in [0.15, 0.2) is 0 Å². The maximum absolute atomic E-state index is 8.74. The van der Waals surface area contributed by atoms with Crippen LogP contribution in [0.1, 0.15) is 26.7 Å². The van der Waals surface area contributed by atoms with Crippen molar-refractivity contribution in [2.24, 2.45) is 5.92 Å². The van der Waals surface area contributed by atoms with Gasteiger partial charge in [0.25, 0.3) is 0 Å². The average molecular weight is 144 g/mol. The van der Waals surface area contributed by atoms with Crippen LogP contribution in [0.3, 0.4) is 0 Å². The second-order valence-electron chi connectivity index (χ2n) is 3.30. The third-order valence-corrected chi connectivity index (χ3v) is 2.09. The van der Waals surface area contributed by atoms with Gasteiger partial charge in [-0.15, -0.1) is 0 Å². The van der Waals surface area contributed by atoms with Crippen LogP contribution in [0.15, 0.2) is 0 Å². The van der Waals surface area contributed by atoms with Gasteiger partial charge in [-0.3, -0.25) is 0 Å². The Balaban J connectivity index is 2.28. The first-order valence-corrected chi connectivity index (χ1v) is 4.00. The molecule has 1 aliphatic rings. The largest absolute Gasteiger partial charge is 0.394 e. The van der Waals surface area contributed by atoms with E-state index in [0.29, 0.717) is 12.0 Å². The van der Waals surface area contributed by atoms with Gasteiger partial charge < -0.3 is 9.84 Å². The van der Waals surface area contributed by atoms with Gasteiger partial charge in [-0.05, 0) is 18.8 Å². The maximum Gasteiger partial charge on any atom is 0.0810 e. The van der Waals surface area contributed by atoms with Crippen LogP contribution in [0.4, 0.5) is 0 Å². The number of aliphatic hydroxyl groups excluding tert-OH is 1. The predicted molar refractivity (Wildman–Crippen MR) is 39.8 cm³/mol. The molecule has 0 aromatic heterocycles. The Hall–Kier alpha value is -0.0800. The highest BCUT2D eigenvalue weighted by Crippen LogP contribution is 2.24. The normalized spacial score (nSPS) is 33.6. The molecule has 1 saturated heterocycles. The maximum atomic E-state index is 8.74. The molecule has 0 aliphatic carbocycles. The summed E-state index contributed by atoms with van der Waals surface area (Å²) < 4.78 is 5.52. The standard InChI is InChI=1S/C8H16O2/c1-6(2)8-4-3-7(5-9)10-8/h6-9H,3-5H2,1-2H3/t7-,8+/m0/s1. The van der Waals surface area contributed by atoms with Crippen molar-refractivity contribution in [3.8, 4) is 0 Å². The molecule has 0 amide bonds. The molecular formula is C8H16O2. The summed E-state index contributed by atoms with van der Waals surface area (Å²) in [7, 11) is 0. The van der Waals surface area contributed by atoms with E-state index in [-0.39, 0.29) is 12.7 Å². The lowest BCUT2D eigenvalue weighted by Crippen LogP contribution is -2.18. The summed E-state index contributed by atoms with van der Waals surface area (Å²) in [6.07, 6.45) is 2.65. The molecule has 2 heteroatoms. The lowest BCUT2D eigenvalue weighted by Gasteiger charge is -2.14. The van der Waals surface area contributed by atoms with E-state index >= 15 is 0 Å². The Morgan fingerprint density at radius 1 is 1.50 bits per heavy atom. The van der Waals surface area contributed by atoms with Crippen LogP contribution in [0.5, 0.6) is 0 Å². The van der Waals surface area contributed by atoms with Crippen molar-refractivity contribution in [2.45, 2.75) is 38.9 Å². The van der Waals surface area contributed by atoms with Gasteiger partial charge in [0, 0.05) is 0 Å². The Morgan fingerprint density at radius 2 is 2.20 bits per heavy atom. The molecule has 2 nitrogen and oxygen atoms in total. The second-order valence-corrected chi connectivity index (χ2v) is 3.30. The molecule has 0 aromatic rings. The highest BCUT2D eigenvalue weighted by Gasteiger charge is 2.26. The minimum absolute atomic E-state index is 0.118. The molecule has 0 spiro atoms. The molecule has 0 unspecified atom stereocenters. The van der Waals surface area contributed by atoms with Crippen LogP contribution in [-0.2, 0) is 4.74 Å². The summed E-state index contributed by atoms with van der Waals surface area (Å²) in [5.74, 6) is 0.594. The highest BCUT2D eigenvalue weighted by molar-refractivity contribution is 4.74. The second kappa shape index (κ2) is 3.35. The molecule has 0 aromatic carbocycles. The molecule has 1 fully saturated rings. The number of rotatable bonds is 2. The van der Waals surface area contributed by atoms with E-state index in [2.05, 4.69) is 13.8 Å². The predicted octanol–water partition coefficient (Wildman–Crippen LogP) is 1.18. The average Bonchev–Trinajstić information content (AvgIpc) is 2.34. The summed E-state index contributed by atoms with van der Waals surface area (Å²) in [6, 6.07) is 0. The van der Waals surface area contributed by atoms with E-state index in [9.17, 15) is 0 Å². The van der Waals surface area contributed by atoms with Gasteiger partial charge in [0.05, 0.1) is 18.8 Å². The fourth-order valence-electron chi connectivity index (χ4n) is 1.36. The Bertz CT molecular complexity index is 101. The Labute approximate surface area is 62.2 Å². The van der Waals surface area contributed by atoms with Crippen molar-refractivity contribution < 1.29 is 9.84 Å². The molecule has 10 heavy (non-hydrogen) atoms.